The van der Waals surface area contributed by atoms with E-state index in [9.17, 15) is 14.0 Å². The molecule has 3 rings (SSSR count). The minimum Gasteiger partial charge on any atom is -0.323 e. The van der Waals surface area contributed by atoms with E-state index in [0.29, 0.717) is 18.4 Å². The third kappa shape index (κ3) is 2.64. The van der Waals surface area contributed by atoms with E-state index in [0.717, 1.165) is 25.7 Å². The second kappa shape index (κ2) is 5.47. The number of urea groups is 1. The second-order valence-electron chi connectivity index (χ2n) is 5.95. The number of imide groups is 1. The van der Waals surface area contributed by atoms with E-state index >= 15 is 0 Å². The molecule has 4 nitrogen and oxygen atoms in total. The third-order valence-corrected chi connectivity index (χ3v) is 4.43. The molecule has 1 aromatic rings. The Labute approximate surface area is 123 Å². The summed E-state index contributed by atoms with van der Waals surface area (Å²) in [6.45, 7) is 0.129. The van der Waals surface area contributed by atoms with Crippen molar-refractivity contribution >= 4 is 11.9 Å². The summed E-state index contributed by atoms with van der Waals surface area (Å²) >= 11 is 0. The van der Waals surface area contributed by atoms with Gasteiger partial charge in [-0.2, -0.15) is 0 Å². The van der Waals surface area contributed by atoms with Crippen molar-refractivity contribution in [3.8, 4) is 0 Å². The van der Waals surface area contributed by atoms with Gasteiger partial charge in [-0.25, -0.2) is 9.18 Å². The van der Waals surface area contributed by atoms with Gasteiger partial charge in [-0.15, -0.1) is 0 Å². The maximum Gasteiger partial charge on any atom is 0.325 e. The molecule has 1 N–H and O–H groups in total. The monoisotopic (exact) mass is 290 g/mol. The SMILES string of the molecule is O=C1NC2(CCCCCC2)C(=O)N1Cc1cccc(F)c1. The van der Waals surface area contributed by atoms with Gasteiger partial charge in [0, 0.05) is 0 Å². The highest BCUT2D eigenvalue weighted by Gasteiger charge is 2.50. The minimum absolute atomic E-state index is 0.129. The summed E-state index contributed by atoms with van der Waals surface area (Å²) in [5, 5.41) is 2.89. The minimum atomic E-state index is -0.721. The number of rotatable bonds is 2. The second-order valence-corrected chi connectivity index (χ2v) is 5.95. The van der Waals surface area contributed by atoms with Gasteiger partial charge in [-0.05, 0) is 30.5 Å². The summed E-state index contributed by atoms with van der Waals surface area (Å²) < 4.78 is 13.2. The van der Waals surface area contributed by atoms with Crippen LogP contribution in [0.15, 0.2) is 24.3 Å². The van der Waals surface area contributed by atoms with Crippen molar-refractivity contribution in [2.24, 2.45) is 0 Å². The largest absolute Gasteiger partial charge is 0.325 e. The first kappa shape index (κ1) is 14.0. The van der Waals surface area contributed by atoms with Crippen LogP contribution in [0.3, 0.4) is 0 Å². The van der Waals surface area contributed by atoms with Crippen molar-refractivity contribution in [2.75, 3.05) is 0 Å². The van der Waals surface area contributed by atoms with E-state index in [1.54, 1.807) is 12.1 Å². The molecule has 5 heteroatoms. The number of carbonyl (C=O) groups excluding carboxylic acids is 2. The molecule has 1 aromatic carbocycles. The third-order valence-electron chi connectivity index (χ3n) is 4.43. The van der Waals surface area contributed by atoms with Gasteiger partial charge in [0.2, 0.25) is 0 Å². The molecule has 0 radical (unpaired) electrons. The molecule has 2 fully saturated rings. The normalized spacial score (nSPS) is 21.5. The standard InChI is InChI=1S/C16H19FN2O2/c17-13-7-5-6-12(10-13)11-19-14(20)16(18-15(19)21)8-3-1-2-4-9-16/h5-7,10H,1-4,8-9,11H2,(H,18,21). The number of carbonyl (C=O) groups is 2. The summed E-state index contributed by atoms with van der Waals surface area (Å²) in [5.41, 5.74) is -0.0925. The Morgan fingerprint density at radius 1 is 1.14 bits per heavy atom. The van der Waals surface area contributed by atoms with Crippen LogP contribution in [0.1, 0.15) is 44.1 Å². The van der Waals surface area contributed by atoms with Crippen molar-refractivity contribution in [2.45, 2.75) is 50.6 Å². The zero-order valence-electron chi connectivity index (χ0n) is 11.9. The Morgan fingerprint density at radius 3 is 2.52 bits per heavy atom. The fraction of sp³-hybridized carbons (Fsp3) is 0.500. The number of benzene rings is 1. The van der Waals surface area contributed by atoms with Crippen LogP contribution < -0.4 is 5.32 Å². The van der Waals surface area contributed by atoms with Gasteiger partial charge in [-0.1, -0.05) is 37.8 Å². The van der Waals surface area contributed by atoms with E-state index in [2.05, 4.69) is 5.32 Å². The fourth-order valence-corrected chi connectivity index (χ4v) is 3.31. The van der Waals surface area contributed by atoms with Gasteiger partial charge < -0.3 is 5.32 Å². The van der Waals surface area contributed by atoms with Crippen LogP contribution in [0.5, 0.6) is 0 Å². The molecule has 3 amide bonds. The molecule has 1 spiro atoms. The number of hydrogen-bond acceptors (Lipinski definition) is 2. The molecule has 0 bridgehead atoms. The fourth-order valence-electron chi connectivity index (χ4n) is 3.31. The average Bonchev–Trinajstić information content (AvgIpc) is 2.63. The Balaban J connectivity index is 1.80. The van der Waals surface area contributed by atoms with Crippen LogP contribution in [0.2, 0.25) is 0 Å². The molecule has 1 heterocycles. The molecule has 112 valence electrons. The maximum atomic E-state index is 13.2. The number of nitrogens with zero attached hydrogens (tertiary/aromatic N) is 1. The Kier molecular flexibility index (Phi) is 3.66. The van der Waals surface area contributed by atoms with Gasteiger partial charge in [-0.3, -0.25) is 9.69 Å². The number of hydrogen-bond donors (Lipinski definition) is 1. The van der Waals surface area contributed by atoms with Crippen LogP contribution in [-0.4, -0.2) is 22.4 Å². The van der Waals surface area contributed by atoms with E-state index in [-0.39, 0.29) is 24.3 Å². The van der Waals surface area contributed by atoms with E-state index in [1.165, 1.54) is 17.0 Å². The van der Waals surface area contributed by atoms with Crippen LogP contribution in [-0.2, 0) is 11.3 Å². The van der Waals surface area contributed by atoms with Crippen LogP contribution in [0, 0.1) is 5.82 Å². The molecule has 0 unspecified atom stereocenters. The lowest BCUT2D eigenvalue weighted by molar-refractivity contribution is -0.132. The quantitative estimate of drug-likeness (QED) is 0.851. The molecular formula is C16H19FN2O2. The molecule has 0 atom stereocenters. The van der Waals surface area contributed by atoms with E-state index in [4.69, 9.17) is 0 Å². The van der Waals surface area contributed by atoms with Crippen molar-refractivity contribution in [1.82, 2.24) is 10.2 Å². The van der Waals surface area contributed by atoms with E-state index in [1.807, 2.05) is 0 Å². The topological polar surface area (TPSA) is 49.4 Å². The highest BCUT2D eigenvalue weighted by Crippen LogP contribution is 2.33. The number of nitrogens with one attached hydrogen (secondary N) is 1. The van der Waals surface area contributed by atoms with Gasteiger partial charge >= 0.3 is 6.03 Å². The Hall–Kier alpha value is -1.91. The van der Waals surface area contributed by atoms with Crippen molar-refractivity contribution in [3.05, 3.63) is 35.6 Å². The number of amides is 3. The average molecular weight is 290 g/mol. The first-order chi connectivity index (χ1) is 10.1. The Morgan fingerprint density at radius 2 is 1.86 bits per heavy atom. The summed E-state index contributed by atoms with van der Waals surface area (Å²) in [7, 11) is 0. The smallest absolute Gasteiger partial charge is 0.323 e. The highest BCUT2D eigenvalue weighted by molar-refractivity contribution is 6.07. The van der Waals surface area contributed by atoms with Crippen LogP contribution >= 0.6 is 0 Å². The van der Waals surface area contributed by atoms with Crippen molar-refractivity contribution in [3.63, 3.8) is 0 Å². The first-order valence-electron chi connectivity index (χ1n) is 7.49. The zero-order chi connectivity index (χ0) is 14.9. The van der Waals surface area contributed by atoms with Crippen molar-refractivity contribution < 1.29 is 14.0 Å². The lowest BCUT2D eigenvalue weighted by Crippen LogP contribution is -2.46. The predicted molar refractivity (Wildman–Crippen MR) is 75.9 cm³/mol. The molecular weight excluding hydrogens is 271 g/mol. The molecule has 1 saturated heterocycles. The molecule has 0 aromatic heterocycles. The number of halogens is 1. The van der Waals surface area contributed by atoms with Gasteiger partial charge in [0.1, 0.15) is 11.4 Å². The van der Waals surface area contributed by atoms with Crippen LogP contribution in [0.25, 0.3) is 0 Å². The zero-order valence-corrected chi connectivity index (χ0v) is 11.9. The van der Waals surface area contributed by atoms with Gasteiger partial charge in [0.15, 0.2) is 0 Å². The summed E-state index contributed by atoms with van der Waals surface area (Å²) in [6.07, 6.45) is 5.54. The Bertz CT molecular complexity index is 565. The van der Waals surface area contributed by atoms with Gasteiger partial charge in [0.05, 0.1) is 6.54 Å². The lowest BCUT2D eigenvalue weighted by atomic mass is 9.90. The maximum absolute atomic E-state index is 13.2. The molecule has 2 aliphatic rings. The van der Waals surface area contributed by atoms with E-state index < -0.39 is 5.54 Å². The molecule has 1 saturated carbocycles. The van der Waals surface area contributed by atoms with Crippen LogP contribution in [0.4, 0.5) is 9.18 Å². The predicted octanol–water partition coefficient (Wildman–Crippen LogP) is 2.97. The van der Waals surface area contributed by atoms with Crippen molar-refractivity contribution in [1.29, 1.82) is 0 Å². The summed E-state index contributed by atoms with van der Waals surface area (Å²) in [5.74, 6) is -0.512. The highest BCUT2D eigenvalue weighted by atomic mass is 19.1. The summed E-state index contributed by atoms with van der Waals surface area (Å²) in [4.78, 5) is 26.1. The lowest BCUT2D eigenvalue weighted by Gasteiger charge is -2.24. The molecule has 1 aliphatic carbocycles. The summed E-state index contributed by atoms with van der Waals surface area (Å²) in [6, 6.07) is 5.67. The van der Waals surface area contributed by atoms with Gasteiger partial charge in [0.25, 0.3) is 5.91 Å². The first-order valence-corrected chi connectivity index (χ1v) is 7.49. The molecule has 21 heavy (non-hydrogen) atoms. The molecule has 1 aliphatic heterocycles.